The lowest BCUT2D eigenvalue weighted by Crippen LogP contribution is -2.48. The first-order valence-corrected chi connectivity index (χ1v) is 10.5. The lowest BCUT2D eigenvalue weighted by Gasteiger charge is -2.31. The summed E-state index contributed by atoms with van der Waals surface area (Å²) in [7, 11) is 2.07. The van der Waals surface area contributed by atoms with E-state index in [0.717, 1.165) is 48.2 Å². The summed E-state index contributed by atoms with van der Waals surface area (Å²) < 4.78 is 7.97. The number of nitrogens with zero attached hydrogens (tertiary/aromatic N) is 5. The second-order valence-electron chi connectivity index (χ2n) is 7.84. The monoisotopic (exact) mass is 395 g/mol. The van der Waals surface area contributed by atoms with Crippen LogP contribution in [0.1, 0.15) is 44.4 Å². The van der Waals surface area contributed by atoms with Gasteiger partial charge in [-0.25, -0.2) is 19.2 Å². The average Bonchev–Trinajstić information content (AvgIpc) is 3.11. The minimum atomic E-state index is -0.298. The van der Waals surface area contributed by atoms with Crippen LogP contribution in [-0.4, -0.2) is 63.5 Å². The molecule has 3 heterocycles. The molecule has 0 radical (unpaired) electrons. The zero-order valence-corrected chi connectivity index (χ0v) is 17.7. The van der Waals surface area contributed by atoms with Gasteiger partial charge in [-0.2, -0.15) is 0 Å². The Morgan fingerprint density at radius 3 is 2.55 bits per heavy atom. The number of aromatic nitrogens is 3. The molecule has 1 atom stereocenters. The number of fused-ring (bicyclic) bond motifs is 3. The molecule has 0 bridgehead atoms. The minimum Gasteiger partial charge on any atom is -0.392 e. The van der Waals surface area contributed by atoms with Crippen LogP contribution >= 0.6 is 0 Å². The summed E-state index contributed by atoms with van der Waals surface area (Å²) in [6.45, 7) is 9.45. The molecule has 1 saturated heterocycles. The van der Waals surface area contributed by atoms with Crippen LogP contribution in [0.2, 0.25) is 0 Å². The van der Waals surface area contributed by atoms with Gasteiger partial charge in [-0.15, -0.1) is 0 Å². The normalized spacial score (nSPS) is 16.5. The molecule has 7 heteroatoms. The Bertz CT molecular complexity index is 1040. The van der Waals surface area contributed by atoms with Crippen molar-refractivity contribution in [1.29, 1.82) is 0 Å². The summed E-state index contributed by atoms with van der Waals surface area (Å²) in [5.41, 5.74) is 3.71. The molecule has 1 amide bonds. The molecule has 0 spiro atoms. The fourth-order valence-electron chi connectivity index (χ4n) is 3.89. The Labute approximate surface area is 171 Å². The van der Waals surface area contributed by atoms with Crippen molar-refractivity contribution in [2.45, 2.75) is 39.5 Å². The van der Waals surface area contributed by atoms with E-state index in [9.17, 15) is 4.79 Å². The van der Waals surface area contributed by atoms with Gasteiger partial charge in [0, 0.05) is 31.7 Å². The molecular weight excluding hydrogens is 366 g/mol. The number of likely N-dealkylation sites (N-methyl/N-ethyl adjacent to an activating group) is 1. The van der Waals surface area contributed by atoms with Crippen LogP contribution < -0.4 is 4.74 Å². The molecule has 2 aromatic heterocycles. The van der Waals surface area contributed by atoms with Gasteiger partial charge >= 0.3 is 6.09 Å². The number of para-hydroxylation sites is 2. The number of rotatable bonds is 4. The Hall–Kier alpha value is -2.67. The van der Waals surface area contributed by atoms with E-state index in [4.69, 9.17) is 14.7 Å². The number of carbonyl (C=O) groups excluding carboxylic acids is 1. The summed E-state index contributed by atoms with van der Waals surface area (Å²) in [5.74, 6) is 1.40. The molecule has 4 rings (SSSR count). The molecule has 3 aromatic rings. The van der Waals surface area contributed by atoms with Crippen LogP contribution in [0.4, 0.5) is 4.79 Å². The zero-order chi connectivity index (χ0) is 20.5. The number of carbonyl (C=O) groups is 1. The highest BCUT2D eigenvalue weighted by Gasteiger charge is 2.26. The van der Waals surface area contributed by atoms with Crippen molar-refractivity contribution in [2.75, 3.05) is 33.2 Å². The molecule has 0 saturated carbocycles. The Morgan fingerprint density at radius 2 is 1.86 bits per heavy atom. The van der Waals surface area contributed by atoms with E-state index < -0.39 is 0 Å². The van der Waals surface area contributed by atoms with Crippen LogP contribution in [0, 0.1) is 0 Å². The first-order valence-electron chi connectivity index (χ1n) is 10.5. The third kappa shape index (κ3) is 3.55. The highest BCUT2D eigenvalue weighted by Crippen LogP contribution is 2.32. The van der Waals surface area contributed by atoms with E-state index in [-0.39, 0.29) is 12.0 Å². The van der Waals surface area contributed by atoms with Crippen molar-refractivity contribution in [2.24, 2.45) is 0 Å². The predicted molar refractivity (Wildman–Crippen MR) is 114 cm³/mol. The van der Waals surface area contributed by atoms with E-state index in [1.54, 1.807) is 4.90 Å². The van der Waals surface area contributed by atoms with Crippen molar-refractivity contribution in [3.8, 4) is 5.88 Å². The van der Waals surface area contributed by atoms with Crippen molar-refractivity contribution in [3.05, 3.63) is 35.5 Å². The molecule has 1 aromatic carbocycles. The molecule has 7 nitrogen and oxygen atoms in total. The molecule has 154 valence electrons. The fourth-order valence-corrected chi connectivity index (χ4v) is 3.89. The maximum atomic E-state index is 13.0. The van der Waals surface area contributed by atoms with Crippen LogP contribution in [0.25, 0.3) is 16.8 Å². The van der Waals surface area contributed by atoms with Gasteiger partial charge in [0.1, 0.15) is 0 Å². The topological polar surface area (TPSA) is 63.0 Å². The number of benzene rings is 1. The molecular formula is C22H29N5O2. The lowest BCUT2D eigenvalue weighted by molar-refractivity contribution is 0.118. The fraction of sp³-hybridized carbons (Fsp3) is 0.500. The van der Waals surface area contributed by atoms with Gasteiger partial charge in [-0.05, 0) is 37.9 Å². The number of ether oxygens (including phenoxy) is 1. The summed E-state index contributed by atoms with van der Waals surface area (Å²) in [6, 6.07) is 7.88. The summed E-state index contributed by atoms with van der Waals surface area (Å²) in [4.78, 5) is 26.6. The van der Waals surface area contributed by atoms with Crippen LogP contribution in [0.5, 0.6) is 5.88 Å². The first-order chi connectivity index (χ1) is 14.0. The maximum absolute atomic E-state index is 13.0. The van der Waals surface area contributed by atoms with Crippen LogP contribution in [0.3, 0.4) is 0 Å². The Balaban J connectivity index is 1.86. The van der Waals surface area contributed by atoms with Crippen LogP contribution in [-0.2, 0) is 6.42 Å². The average molecular weight is 396 g/mol. The molecule has 1 aliphatic heterocycles. The summed E-state index contributed by atoms with van der Waals surface area (Å²) in [6.07, 6.45) is 1.40. The molecule has 0 aliphatic carbocycles. The largest absolute Gasteiger partial charge is 0.416 e. The highest BCUT2D eigenvalue weighted by atomic mass is 16.6. The molecule has 1 aliphatic rings. The summed E-state index contributed by atoms with van der Waals surface area (Å²) in [5, 5.41) is 0. The Kier molecular flexibility index (Phi) is 5.41. The highest BCUT2D eigenvalue weighted by molar-refractivity contribution is 5.81. The maximum Gasteiger partial charge on any atom is 0.416 e. The number of amides is 1. The van der Waals surface area contributed by atoms with Gasteiger partial charge in [0.15, 0.2) is 0 Å². The van der Waals surface area contributed by atoms with Gasteiger partial charge in [-0.3, -0.25) is 0 Å². The van der Waals surface area contributed by atoms with Crippen LogP contribution in [0.15, 0.2) is 24.3 Å². The second-order valence-corrected chi connectivity index (χ2v) is 7.84. The second kappa shape index (κ2) is 7.99. The molecule has 1 unspecified atom stereocenters. The van der Waals surface area contributed by atoms with Crippen molar-refractivity contribution < 1.29 is 9.53 Å². The molecule has 1 fully saturated rings. The number of hydrogen-bond donors (Lipinski definition) is 0. The van der Waals surface area contributed by atoms with E-state index >= 15 is 0 Å². The molecule has 29 heavy (non-hydrogen) atoms. The third-order valence-corrected chi connectivity index (χ3v) is 5.91. The first kappa shape index (κ1) is 19.6. The lowest BCUT2D eigenvalue weighted by atomic mass is 9.99. The third-order valence-electron chi connectivity index (χ3n) is 5.91. The van der Waals surface area contributed by atoms with E-state index in [2.05, 4.69) is 32.7 Å². The van der Waals surface area contributed by atoms with E-state index in [0.29, 0.717) is 24.7 Å². The van der Waals surface area contributed by atoms with Gasteiger partial charge in [0.05, 0.1) is 16.7 Å². The quantitative estimate of drug-likeness (QED) is 0.674. The molecule has 0 N–H and O–H groups in total. The predicted octanol–water partition coefficient (Wildman–Crippen LogP) is 3.70. The smallest absolute Gasteiger partial charge is 0.392 e. The van der Waals surface area contributed by atoms with Gasteiger partial charge in [0.25, 0.3) is 0 Å². The van der Waals surface area contributed by atoms with Gasteiger partial charge < -0.3 is 14.5 Å². The number of hydrogen-bond acceptors (Lipinski definition) is 5. The van der Waals surface area contributed by atoms with Crippen molar-refractivity contribution in [3.63, 3.8) is 0 Å². The van der Waals surface area contributed by atoms with Crippen molar-refractivity contribution >= 4 is 22.9 Å². The standard InChI is InChI=1S/C22H29N5O2/c1-5-15(3)19-16(6-2)20(29-22(28)26-13-11-25(4)12-14-26)27-18-10-8-7-9-17(18)23-21(27)24-19/h7-10,15H,5-6,11-14H2,1-4H3. The van der Waals surface area contributed by atoms with Gasteiger partial charge in [0.2, 0.25) is 11.7 Å². The number of piperazine rings is 1. The summed E-state index contributed by atoms with van der Waals surface area (Å²) >= 11 is 0. The van der Waals surface area contributed by atoms with E-state index in [1.165, 1.54) is 0 Å². The Morgan fingerprint density at radius 1 is 1.14 bits per heavy atom. The SMILES string of the molecule is CCc1c(C(C)CC)nc2nc3ccccc3n2c1OC(=O)N1CCN(C)CC1. The van der Waals surface area contributed by atoms with E-state index in [1.807, 2.05) is 28.7 Å². The minimum absolute atomic E-state index is 0.260. The zero-order valence-electron chi connectivity index (χ0n) is 17.7. The van der Waals surface area contributed by atoms with Gasteiger partial charge in [-0.1, -0.05) is 32.9 Å². The van der Waals surface area contributed by atoms with Crippen molar-refractivity contribution in [1.82, 2.24) is 24.2 Å². The number of imidazole rings is 1.